The van der Waals surface area contributed by atoms with E-state index in [4.69, 9.17) is 4.74 Å². The maximum Gasteiger partial charge on any atom is 0.253 e. The zero-order valence-electron chi connectivity index (χ0n) is 11.0. The first-order valence-corrected chi connectivity index (χ1v) is 9.59. The molecule has 7 nitrogen and oxygen atoms in total. The highest BCUT2D eigenvalue weighted by Gasteiger charge is 2.50. The number of sulfonamides is 1. The molecule has 0 aromatic carbocycles. The van der Waals surface area contributed by atoms with Gasteiger partial charge in [-0.15, -0.1) is 11.3 Å². The number of alkyl halides is 1. The number of hydrogen-bond acceptors (Lipinski definition) is 7. The highest BCUT2D eigenvalue weighted by atomic mass is 79.9. The van der Waals surface area contributed by atoms with Gasteiger partial charge in [0.05, 0.1) is 5.75 Å². The summed E-state index contributed by atoms with van der Waals surface area (Å²) in [5.41, 5.74) is -1.51. The number of thiazole rings is 1. The zero-order valence-corrected chi connectivity index (χ0v) is 14.2. The van der Waals surface area contributed by atoms with Crippen LogP contribution >= 0.6 is 27.3 Å². The average Bonchev–Trinajstić information content (AvgIpc) is 3.02. The van der Waals surface area contributed by atoms with Gasteiger partial charge in [-0.3, -0.25) is 9.52 Å². The van der Waals surface area contributed by atoms with Gasteiger partial charge >= 0.3 is 0 Å². The van der Waals surface area contributed by atoms with E-state index in [1.54, 1.807) is 5.38 Å². The number of rotatable bonds is 6. The fourth-order valence-electron chi connectivity index (χ4n) is 1.73. The lowest BCUT2D eigenvalue weighted by Gasteiger charge is -2.20. The third-order valence-corrected chi connectivity index (χ3v) is 5.66. The molecule has 0 amide bonds. The lowest BCUT2D eigenvalue weighted by Crippen LogP contribution is -2.32. The van der Waals surface area contributed by atoms with Crippen LogP contribution in [0.2, 0.25) is 0 Å². The van der Waals surface area contributed by atoms with Crippen LogP contribution in [-0.4, -0.2) is 35.4 Å². The Bertz CT molecular complexity index is 671. The number of halogens is 1. The topological polar surface area (TPSA) is 106 Å². The van der Waals surface area contributed by atoms with Crippen molar-refractivity contribution < 1.29 is 23.1 Å². The Balaban J connectivity index is 2.21. The number of hydrogen-bond donors (Lipinski definition) is 2. The van der Waals surface area contributed by atoms with Gasteiger partial charge in [0.1, 0.15) is 5.01 Å². The van der Waals surface area contributed by atoms with Crippen LogP contribution in [0.5, 0.6) is 0 Å². The molecule has 21 heavy (non-hydrogen) atoms. The first-order chi connectivity index (χ1) is 9.80. The van der Waals surface area contributed by atoms with Crippen molar-refractivity contribution in [2.75, 3.05) is 11.1 Å². The quantitative estimate of drug-likeness (QED) is 0.703. The molecule has 2 heterocycles. The standard InChI is InChI=1S/C11H13BrN2O5S2/c1-11(10-13-4-5-20-10)8(16)7(15)9(19-11)14-21(17,18)6-2-3-12/h4-5,14-15H,2-3,6H2,1H3. The Kier molecular flexibility index (Phi) is 4.59. The van der Waals surface area contributed by atoms with E-state index in [2.05, 4.69) is 25.6 Å². The first-order valence-electron chi connectivity index (χ1n) is 5.93. The number of nitrogens with zero attached hydrogens (tertiary/aromatic N) is 1. The summed E-state index contributed by atoms with van der Waals surface area (Å²) in [5.74, 6) is -2.07. The molecule has 0 aliphatic carbocycles. The van der Waals surface area contributed by atoms with Gasteiger partial charge in [0.15, 0.2) is 0 Å². The molecule has 0 saturated carbocycles. The molecule has 1 aliphatic heterocycles. The second-order valence-corrected chi connectivity index (χ2v) is 7.97. The summed E-state index contributed by atoms with van der Waals surface area (Å²) in [7, 11) is -3.69. The van der Waals surface area contributed by atoms with Gasteiger partial charge < -0.3 is 9.84 Å². The minimum atomic E-state index is -3.69. The Labute approximate surface area is 134 Å². The molecule has 116 valence electrons. The van der Waals surface area contributed by atoms with Crippen molar-refractivity contribution >= 4 is 43.1 Å². The number of aliphatic hydroxyl groups is 1. The molecule has 1 atom stereocenters. The van der Waals surface area contributed by atoms with Crippen LogP contribution in [0, 0.1) is 0 Å². The normalized spacial score (nSPS) is 22.5. The second-order valence-electron chi connectivity index (χ2n) is 4.44. The number of ether oxygens (including phenoxy) is 1. The van der Waals surface area contributed by atoms with Crippen LogP contribution in [0.4, 0.5) is 0 Å². The summed E-state index contributed by atoms with van der Waals surface area (Å²) in [6, 6.07) is 0. The minimum Gasteiger partial charge on any atom is -0.501 e. The van der Waals surface area contributed by atoms with Crippen molar-refractivity contribution in [3.63, 3.8) is 0 Å². The molecule has 1 unspecified atom stereocenters. The minimum absolute atomic E-state index is 0.152. The largest absolute Gasteiger partial charge is 0.501 e. The summed E-state index contributed by atoms with van der Waals surface area (Å²) in [4.78, 5) is 16.1. The average molecular weight is 397 g/mol. The van der Waals surface area contributed by atoms with E-state index in [-0.39, 0.29) is 5.75 Å². The number of aliphatic hydroxyl groups excluding tert-OH is 1. The highest BCUT2D eigenvalue weighted by Crippen LogP contribution is 2.37. The van der Waals surface area contributed by atoms with Crippen molar-refractivity contribution in [2.45, 2.75) is 18.9 Å². The molecule has 0 spiro atoms. The van der Waals surface area contributed by atoms with Crippen LogP contribution in [0.1, 0.15) is 18.4 Å². The molecule has 0 radical (unpaired) electrons. The Hall–Kier alpha value is -1.13. The summed E-state index contributed by atoms with van der Waals surface area (Å²) in [6.07, 6.45) is 1.89. The van der Waals surface area contributed by atoms with Crippen LogP contribution in [0.25, 0.3) is 0 Å². The number of nitrogens with one attached hydrogen (secondary N) is 1. The molecule has 2 rings (SSSR count). The zero-order chi connectivity index (χ0) is 15.7. The molecule has 0 fully saturated rings. The number of aromatic nitrogens is 1. The van der Waals surface area contributed by atoms with Crippen molar-refractivity contribution in [1.29, 1.82) is 0 Å². The molecule has 1 aromatic rings. The SMILES string of the molecule is CC1(c2nccs2)OC(NS(=O)(=O)CCCBr)=C(O)C1=O. The number of Topliss-reactive ketones (excluding diaryl/α,β-unsaturated/α-hetero) is 1. The predicted octanol–water partition coefficient (Wildman–Crippen LogP) is 1.39. The van der Waals surface area contributed by atoms with Crippen molar-refractivity contribution in [2.24, 2.45) is 0 Å². The van der Waals surface area contributed by atoms with E-state index >= 15 is 0 Å². The van der Waals surface area contributed by atoms with Gasteiger partial charge in [0, 0.05) is 16.9 Å². The van der Waals surface area contributed by atoms with Gasteiger partial charge in [-0.25, -0.2) is 13.4 Å². The molecule has 1 aliphatic rings. The monoisotopic (exact) mass is 396 g/mol. The maximum absolute atomic E-state index is 12.1. The van der Waals surface area contributed by atoms with E-state index in [1.165, 1.54) is 24.5 Å². The Morgan fingerprint density at radius 2 is 2.29 bits per heavy atom. The third kappa shape index (κ3) is 3.22. The number of carbonyl (C=O) groups excluding carboxylic acids is 1. The molecule has 2 N–H and O–H groups in total. The Morgan fingerprint density at radius 1 is 1.57 bits per heavy atom. The summed E-state index contributed by atoms with van der Waals surface area (Å²) in [5, 5.41) is 12.4. The van der Waals surface area contributed by atoms with E-state index in [0.29, 0.717) is 16.8 Å². The van der Waals surface area contributed by atoms with Gasteiger partial charge in [-0.05, 0) is 13.3 Å². The van der Waals surface area contributed by atoms with E-state index in [0.717, 1.165) is 0 Å². The van der Waals surface area contributed by atoms with Gasteiger partial charge in [-0.2, -0.15) is 0 Å². The van der Waals surface area contributed by atoms with E-state index in [1.807, 2.05) is 0 Å². The summed E-state index contributed by atoms with van der Waals surface area (Å²) >= 11 is 4.32. The lowest BCUT2D eigenvalue weighted by molar-refractivity contribution is -0.131. The number of ketones is 1. The molecular weight excluding hydrogens is 384 g/mol. The first kappa shape index (κ1) is 16.2. The highest BCUT2D eigenvalue weighted by molar-refractivity contribution is 9.09. The van der Waals surface area contributed by atoms with Crippen LogP contribution in [-0.2, 0) is 25.2 Å². The molecular formula is C11H13BrN2O5S2. The fourth-order valence-corrected chi connectivity index (χ4v) is 4.16. The van der Waals surface area contributed by atoms with Crippen molar-refractivity contribution in [3.05, 3.63) is 28.2 Å². The predicted molar refractivity (Wildman–Crippen MR) is 80.5 cm³/mol. The molecule has 0 bridgehead atoms. The molecule has 1 aromatic heterocycles. The van der Waals surface area contributed by atoms with Gasteiger partial charge in [0.25, 0.3) is 5.78 Å². The van der Waals surface area contributed by atoms with Crippen LogP contribution < -0.4 is 4.72 Å². The Morgan fingerprint density at radius 3 is 2.86 bits per heavy atom. The lowest BCUT2D eigenvalue weighted by atomic mass is 10.0. The van der Waals surface area contributed by atoms with Crippen LogP contribution in [0.3, 0.4) is 0 Å². The maximum atomic E-state index is 12.1. The van der Waals surface area contributed by atoms with Gasteiger partial charge in [-0.1, -0.05) is 15.9 Å². The number of carbonyl (C=O) groups is 1. The second kappa shape index (κ2) is 5.93. The van der Waals surface area contributed by atoms with E-state index in [9.17, 15) is 18.3 Å². The van der Waals surface area contributed by atoms with Crippen LogP contribution in [0.15, 0.2) is 23.2 Å². The summed E-state index contributed by atoms with van der Waals surface area (Å²) < 4.78 is 31.1. The van der Waals surface area contributed by atoms with Crippen molar-refractivity contribution in [1.82, 2.24) is 9.71 Å². The van der Waals surface area contributed by atoms with Gasteiger partial charge in [0.2, 0.25) is 27.3 Å². The van der Waals surface area contributed by atoms with E-state index < -0.39 is 33.0 Å². The molecule has 0 saturated heterocycles. The summed E-state index contributed by atoms with van der Waals surface area (Å²) in [6.45, 7) is 1.43. The third-order valence-electron chi connectivity index (χ3n) is 2.80. The smallest absolute Gasteiger partial charge is 0.253 e. The van der Waals surface area contributed by atoms with Crippen molar-refractivity contribution in [3.8, 4) is 0 Å². The fraction of sp³-hybridized carbons (Fsp3) is 0.455. The molecule has 10 heteroatoms.